The molecule has 108 valence electrons. The van der Waals surface area contributed by atoms with Crippen LogP contribution in [0.2, 0.25) is 0 Å². The summed E-state index contributed by atoms with van der Waals surface area (Å²) in [5, 5.41) is 0. The van der Waals surface area contributed by atoms with Crippen LogP contribution < -0.4 is 5.73 Å². The molecule has 0 fully saturated rings. The maximum Gasteiger partial charge on any atom is 0.255 e. The number of alkyl halides is 2. The minimum Gasteiger partial charge on any atom is -0.340 e. The monoisotopic (exact) mass is 292 g/mol. The number of hydrogen-bond acceptors (Lipinski definition) is 2. The van der Waals surface area contributed by atoms with Gasteiger partial charge in [-0.3, -0.25) is 4.79 Å². The fourth-order valence-electron chi connectivity index (χ4n) is 1.76. The molecule has 3 nitrogen and oxygen atoms in total. The summed E-state index contributed by atoms with van der Waals surface area (Å²) in [6.07, 6.45) is -2.53. The van der Waals surface area contributed by atoms with Crippen LogP contribution in [0, 0.1) is 5.92 Å². The van der Waals surface area contributed by atoms with Crippen LogP contribution in [0.5, 0.6) is 0 Å². The summed E-state index contributed by atoms with van der Waals surface area (Å²) >= 11 is 0. The summed E-state index contributed by atoms with van der Waals surface area (Å²) in [7, 11) is 1.36. The highest BCUT2D eigenvalue weighted by molar-refractivity contribution is 5.85. The summed E-state index contributed by atoms with van der Waals surface area (Å²) in [6.45, 7) is 1.09. The van der Waals surface area contributed by atoms with E-state index in [-0.39, 0.29) is 18.3 Å². The lowest BCUT2D eigenvalue weighted by Crippen LogP contribution is -2.39. The normalized spacial score (nSPS) is 13.6. The van der Waals surface area contributed by atoms with Crippen molar-refractivity contribution in [2.24, 2.45) is 11.7 Å². The molecule has 0 aromatic heterocycles. The summed E-state index contributed by atoms with van der Waals surface area (Å²) in [4.78, 5) is 12.9. The molecule has 2 atom stereocenters. The zero-order chi connectivity index (χ0) is 13.7. The molecule has 0 aliphatic carbocycles. The maximum atomic E-state index is 12.2. The zero-order valence-electron chi connectivity index (χ0n) is 10.9. The Balaban J connectivity index is 0.00000324. The first kappa shape index (κ1) is 17.8. The molecule has 0 aliphatic heterocycles. The molecule has 19 heavy (non-hydrogen) atoms. The smallest absolute Gasteiger partial charge is 0.255 e. The van der Waals surface area contributed by atoms with Crippen molar-refractivity contribution in [3.8, 4) is 0 Å². The molecule has 0 bridgehead atoms. The van der Waals surface area contributed by atoms with Crippen LogP contribution in [0.25, 0.3) is 0 Å². The summed E-state index contributed by atoms with van der Waals surface area (Å²) in [5.41, 5.74) is 6.80. The molecule has 0 radical (unpaired) electrons. The van der Waals surface area contributed by atoms with Crippen LogP contribution >= 0.6 is 12.4 Å². The van der Waals surface area contributed by atoms with Gasteiger partial charge in [-0.1, -0.05) is 37.3 Å². The van der Waals surface area contributed by atoms with E-state index in [0.717, 1.165) is 10.5 Å². The topological polar surface area (TPSA) is 46.3 Å². The second-order valence-electron chi connectivity index (χ2n) is 4.33. The Morgan fingerprint density at radius 3 is 2.32 bits per heavy atom. The van der Waals surface area contributed by atoms with E-state index in [1.165, 1.54) is 7.05 Å². The first-order chi connectivity index (χ1) is 8.43. The number of halogens is 3. The molecule has 1 amide bonds. The van der Waals surface area contributed by atoms with E-state index in [4.69, 9.17) is 5.73 Å². The quantitative estimate of drug-likeness (QED) is 0.906. The fraction of sp³-hybridized carbons (Fsp3) is 0.462. The number of amides is 1. The Bertz CT molecular complexity index is 389. The number of carbonyl (C=O) groups excluding carboxylic acids is 1. The van der Waals surface area contributed by atoms with Gasteiger partial charge in [-0.2, -0.15) is 0 Å². The van der Waals surface area contributed by atoms with Crippen molar-refractivity contribution in [3.05, 3.63) is 35.9 Å². The van der Waals surface area contributed by atoms with Crippen molar-refractivity contribution < 1.29 is 13.6 Å². The van der Waals surface area contributed by atoms with Gasteiger partial charge in [-0.25, -0.2) is 8.78 Å². The van der Waals surface area contributed by atoms with E-state index in [2.05, 4.69) is 0 Å². The van der Waals surface area contributed by atoms with Gasteiger partial charge in [0.15, 0.2) is 0 Å². The Labute approximate surface area is 118 Å². The summed E-state index contributed by atoms with van der Waals surface area (Å²) < 4.78 is 24.4. The predicted octanol–water partition coefficient (Wildman–Crippen LogP) is 2.47. The Hall–Kier alpha value is -1.20. The van der Waals surface area contributed by atoms with Gasteiger partial charge in [0, 0.05) is 13.1 Å². The van der Waals surface area contributed by atoms with Crippen molar-refractivity contribution in [3.63, 3.8) is 0 Å². The van der Waals surface area contributed by atoms with E-state index in [9.17, 15) is 13.6 Å². The van der Waals surface area contributed by atoms with Gasteiger partial charge < -0.3 is 10.6 Å². The van der Waals surface area contributed by atoms with Crippen molar-refractivity contribution >= 4 is 18.3 Å². The third-order valence-electron chi connectivity index (χ3n) is 2.90. The maximum absolute atomic E-state index is 12.2. The van der Waals surface area contributed by atoms with Crippen LogP contribution in [-0.4, -0.2) is 30.8 Å². The van der Waals surface area contributed by atoms with Crippen molar-refractivity contribution in [2.45, 2.75) is 19.4 Å². The third kappa shape index (κ3) is 5.12. The van der Waals surface area contributed by atoms with Crippen LogP contribution in [0.15, 0.2) is 30.3 Å². The van der Waals surface area contributed by atoms with Gasteiger partial charge in [-0.05, 0) is 5.56 Å². The van der Waals surface area contributed by atoms with Gasteiger partial charge in [0.1, 0.15) is 0 Å². The SMILES string of the molecule is CC(C(=O)N(C)CC(F)F)C(N)c1ccccc1.Cl. The second kappa shape index (κ2) is 8.07. The van der Waals surface area contributed by atoms with Gasteiger partial charge in [0.05, 0.1) is 12.5 Å². The zero-order valence-corrected chi connectivity index (χ0v) is 11.7. The highest BCUT2D eigenvalue weighted by Gasteiger charge is 2.26. The van der Waals surface area contributed by atoms with Gasteiger partial charge >= 0.3 is 0 Å². The first-order valence-corrected chi connectivity index (χ1v) is 5.77. The van der Waals surface area contributed by atoms with E-state index < -0.39 is 24.9 Å². The summed E-state index contributed by atoms with van der Waals surface area (Å²) in [6, 6.07) is 8.66. The van der Waals surface area contributed by atoms with Crippen LogP contribution in [0.4, 0.5) is 8.78 Å². The minimum absolute atomic E-state index is 0. The molecule has 1 aromatic carbocycles. The van der Waals surface area contributed by atoms with Gasteiger partial charge in [-0.15, -0.1) is 12.4 Å². The molecule has 6 heteroatoms. The van der Waals surface area contributed by atoms with Gasteiger partial charge in [0.25, 0.3) is 6.43 Å². The molecule has 0 spiro atoms. The number of hydrogen-bond donors (Lipinski definition) is 1. The second-order valence-corrected chi connectivity index (χ2v) is 4.33. The van der Waals surface area contributed by atoms with Crippen LogP contribution in [0.3, 0.4) is 0 Å². The van der Waals surface area contributed by atoms with Crippen molar-refractivity contribution in [1.29, 1.82) is 0 Å². The minimum atomic E-state index is -2.53. The molecule has 2 N–H and O–H groups in total. The highest BCUT2D eigenvalue weighted by Crippen LogP contribution is 2.20. The highest BCUT2D eigenvalue weighted by atomic mass is 35.5. The predicted molar refractivity (Wildman–Crippen MR) is 73.4 cm³/mol. The molecular formula is C13H19ClF2N2O. The lowest BCUT2D eigenvalue weighted by molar-refractivity contribution is -0.136. The van der Waals surface area contributed by atoms with Crippen LogP contribution in [0.1, 0.15) is 18.5 Å². The van der Waals surface area contributed by atoms with E-state index >= 15 is 0 Å². The lowest BCUT2D eigenvalue weighted by atomic mass is 9.94. The fourth-order valence-corrected chi connectivity index (χ4v) is 1.76. The van der Waals surface area contributed by atoms with Crippen LogP contribution in [-0.2, 0) is 4.79 Å². The molecule has 1 rings (SSSR count). The largest absolute Gasteiger partial charge is 0.340 e. The third-order valence-corrected chi connectivity index (χ3v) is 2.90. The molecule has 0 heterocycles. The van der Waals surface area contributed by atoms with Crippen molar-refractivity contribution in [1.82, 2.24) is 4.90 Å². The van der Waals surface area contributed by atoms with E-state index in [0.29, 0.717) is 0 Å². The number of nitrogens with two attached hydrogens (primary N) is 1. The number of benzene rings is 1. The molecule has 2 unspecified atom stereocenters. The van der Waals surface area contributed by atoms with E-state index in [1.54, 1.807) is 6.92 Å². The lowest BCUT2D eigenvalue weighted by Gasteiger charge is -2.25. The molecular weight excluding hydrogens is 274 g/mol. The molecule has 0 saturated heterocycles. The standard InChI is InChI=1S/C13H18F2N2O.ClH/c1-9(13(18)17(2)8-11(14)15)12(16)10-6-4-3-5-7-10;/h3-7,9,11-12H,8,16H2,1-2H3;1H. The van der Waals surface area contributed by atoms with E-state index in [1.807, 2.05) is 30.3 Å². The summed E-state index contributed by atoms with van der Waals surface area (Å²) in [5.74, 6) is -0.900. The Morgan fingerprint density at radius 1 is 1.32 bits per heavy atom. The Kier molecular flexibility index (Phi) is 7.56. The molecule has 0 saturated carbocycles. The van der Waals surface area contributed by atoms with Crippen molar-refractivity contribution in [2.75, 3.05) is 13.6 Å². The van der Waals surface area contributed by atoms with Gasteiger partial charge in [0.2, 0.25) is 5.91 Å². The average molecular weight is 293 g/mol. The number of nitrogens with zero attached hydrogens (tertiary/aromatic N) is 1. The molecule has 1 aromatic rings. The number of rotatable bonds is 5. The number of carbonyl (C=O) groups is 1. The average Bonchev–Trinajstić information content (AvgIpc) is 2.36. The Morgan fingerprint density at radius 2 is 1.84 bits per heavy atom. The first-order valence-electron chi connectivity index (χ1n) is 5.77. The molecule has 0 aliphatic rings.